The minimum Gasteiger partial charge on any atom is -0.441 e. The molecule has 0 aromatic carbocycles. The number of hydrogen-bond acceptors (Lipinski definition) is 5. The molecule has 0 spiro atoms. The van der Waals surface area contributed by atoms with E-state index in [1.807, 2.05) is 0 Å². The molecule has 21 heavy (non-hydrogen) atoms. The van der Waals surface area contributed by atoms with Crippen molar-refractivity contribution >= 4 is 10.0 Å². The van der Waals surface area contributed by atoms with E-state index in [4.69, 9.17) is 4.42 Å². The van der Waals surface area contributed by atoms with E-state index in [1.54, 1.807) is 6.92 Å². The van der Waals surface area contributed by atoms with Crippen LogP contribution in [0.2, 0.25) is 0 Å². The van der Waals surface area contributed by atoms with Crippen molar-refractivity contribution in [2.24, 2.45) is 0 Å². The fourth-order valence-electron chi connectivity index (χ4n) is 1.43. The van der Waals surface area contributed by atoms with E-state index in [-0.39, 0.29) is 18.0 Å². The number of sulfonamides is 1. The lowest BCUT2D eigenvalue weighted by Gasteiger charge is -2.01. The van der Waals surface area contributed by atoms with Crippen LogP contribution in [0.3, 0.4) is 0 Å². The highest BCUT2D eigenvalue weighted by Crippen LogP contribution is 2.32. The average Bonchev–Trinajstić information content (AvgIpc) is 3.03. The lowest BCUT2D eigenvalue weighted by atomic mass is 10.3. The number of hydrogen-bond donors (Lipinski definition) is 1. The Kier molecular flexibility index (Phi) is 4.10. The zero-order valence-corrected chi connectivity index (χ0v) is 11.6. The fourth-order valence-corrected chi connectivity index (χ4v) is 2.50. The minimum absolute atomic E-state index is 0.133. The molecule has 2 aromatic heterocycles. The molecule has 1 N–H and O–H groups in total. The Balaban J connectivity index is 2.26. The Labute approximate surface area is 118 Å². The fraction of sp³-hybridized carbons (Fsp3) is 0.364. The molecule has 2 heterocycles. The standard InChI is InChI=1S/C11H11F3N2O4S/c1-2-5-15-21(17,18)10-4-3-8(19-10)7-6-9(20-16-7)11(12,13)14/h3-4,6,15H,2,5H2,1H3. The Morgan fingerprint density at radius 1 is 1.33 bits per heavy atom. The molecular formula is C11H11F3N2O4S. The number of nitrogens with zero attached hydrogens (tertiary/aromatic N) is 1. The second-order valence-electron chi connectivity index (χ2n) is 4.09. The summed E-state index contributed by atoms with van der Waals surface area (Å²) >= 11 is 0. The summed E-state index contributed by atoms with van der Waals surface area (Å²) in [5, 5.41) is 2.81. The maximum Gasteiger partial charge on any atom is 0.452 e. The minimum atomic E-state index is -4.67. The Morgan fingerprint density at radius 2 is 2.05 bits per heavy atom. The van der Waals surface area contributed by atoms with Crippen LogP contribution in [0, 0.1) is 0 Å². The monoisotopic (exact) mass is 324 g/mol. The van der Waals surface area contributed by atoms with Gasteiger partial charge in [-0.25, -0.2) is 13.1 Å². The van der Waals surface area contributed by atoms with Crippen molar-refractivity contribution in [2.75, 3.05) is 6.54 Å². The largest absolute Gasteiger partial charge is 0.452 e. The van der Waals surface area contributed by atoms with Crippen molar-refractivity contribution < 1.29 is 30.5 Å². The topological polar surface area (TPSA) is 85.3 Å². The van der Waals surface area contributed by atoms with Crippen molar-refractivity contribution in [3.63, 3.8) is 0 Å². The number of nitrogens with one attached hydrogen (secondary N) is 1. The molecule has 0 bridgehead atoms. The molecular weight excluding hydrogens is 313 g/mol. The quantitative estimate of drug-likeness (QED) is 0.914. The molecule has 0 atom stereocenters. The van der Waals surface area contributed by atoms with Gasteiger partial charge in [-0.3, -0.25) is 0 Å². The summed E-state index contributed by atoms with van der Waals surface area (Å²) < 4.78 is 72.1. The van der Waals surface area contributed by atoms with E-state index >= 15 is 0 Å². The van der Waals surface area contributed by atoms with Gasteiger partial charge in [-0.1, -0.05) is 12.1 Å². The Morgan fingerprint density at radius 3 is 2.62 bits per heavy atom. The maximum absolute atomic E-state index is 12.4. The molecule has 2 rings (SSSR count). The van der Waals surface area contributed by atoms with Gasteiger partial charge in [0.1, 0.15) is 5.69 Å². The van der Waals surface area contributed by atoms with Gasteiger partial charge in [0.15, 0.2) is 5.76 Å². The van der Waals surface area contributed by atoms with E-state index in [1.165, 1.54) is 6.07 Å². The van der Waals surface area contributed by atoms with Crippen LogP contribution < -0.4 is 4.72 Å². The number of halogens is 3. The molecule has 0 amide bonds. The van der Waals surface area contributed by atoms with Crippen LogP contribution in [0.15, 0.2) is 32.2 Å². The van der Waals surface area contributed by atoms with E-state index in [0.29, 0.717) is 12.5 Å². The molecule has 0 aliphatic heterocycles. The van der Waals surface area contributed by atoms with Crippen molar-refractivity contribution in [3.8, 4) is 11.5 Å². The third-order valence-electron chi connectivity index (χ3n) is 2.43. The summed E-state index contributed by atoms with van der Waals surface area (Å²) in [5.74, 6) is -1.42. The van der Waals surface area contributed by atoms with Crippen LogP contribution in [0.5, 0.6) is 0 Å². The zero-order valence-electron chi connectivity index (χ0n) is 10.8. The lowest BCUT2D eigenvalue weighted by Crippen LogP contribution is -2.23. The van der Waals surface area contributed by atoms with Crippen LogP contribution in [0.25, 0.3) is 11.5 Å². The molecule has 6 nitrogen and oxygen atoms in total. The maximum atomic E-state index is 12.4. The predicted octanol–water partition coefficient (Wildman–Crippen LogP) is 2.64. The van der Waals surface area contributed by atoms with E-state index in [9.17, 15) is 21.6 Å². The van der Waals surface area contributed by atoms with E-state index < -0.39 is 27.1 Å². The normalized spacial score (nSPS) is 12.8. The number of alkyl halides is 3. The van der Waals surface area contributed by atoms with Gasteiger partial charge >= 0.3 is 6.18 Å². The third kappa shape index (κ3) is 3.45. The molecule has 0 radical (unpaired) electrons. The first-order chi connectivity index (χ1) is 9.74. The first-order valence-corrected chi connectivity index (χ1v) is 7.36. The second-order valence-corrected chi connectivity index (χ2v) is 5.79. The van der Waals surface area contributed by atoms with Gasteiger partial charge in [-0.15, -0.1) is 0 Å². The Hall–Kier alpha value is -1.81. The number of furan rings is 1. The van der Waals surface area contributed by atoms with Gasteiger partial charge in [0, 0.05) is 12.6 Å². The SMILES string of the molecule is CCCNS(=O)(=O)c1ccc(-c2cc(C(F)(F)F)on2)o1. The second kappa shape index (κ2) is 5.53. The Bertz CT molecular complexity index is 718. The molecule has 0 unspecified atom stereocenters. The zero-order chi connectivity index (χ0) is 15.7. The van der Waals surface area contributed by atoms with Gasteiger partial charge in [-0.2, -0.15) is 13.2 Å². The van der Waals surface area contributed by atoms with Crippen LogP contribution in [0.1, 0.15) is 19.1 Å². The predicted molar refractivity (Wildman–Crippen MR) is 64.7 cm³/mol. The summed E-state index contributed by atoms with van der Waals surface area (Å²) in [6.07, 6.45) is -4.08. The summed E-state index contributed by atoms with van der Waals surface area (Å²) in [5.41, 5.74) is -0.237. The van der Waals surface area contributed by atoms with Gasteiger partial charge in [-0.05, 0) is 18.6 Å². The molecule has 0 aliphatic carbocycles. The summed E-state index contributed by atoms with van der Waals surface area (Å²) in [4.78, 5) is 0. The molecule has 0 fully saturated rings. The lowest BCUT2D eigenvalue weighted by molar-refractivity contribution is -0.155. The third-order valence-corrected chi connectivity index (χ3v) is 3.76. The number of rotatable bonds is 5. The highest BCUT2D eigenvalue weighted by Gasteiger charge is 2.36. The van der Waals surface area contributed by atoms with Gasteiger partial charge in [0.25, 0.3) is 10.0 Å². The summed E-state index contributed by atoms with van der Waals surface area (Å²) in [6, 6.07) is 2.97. The molecule has 0 aliphatic rings. The average molecular weight is 324 g/mol. The molecule has 116 valence electrons. The van der Waals surface area contributed by atoms with E-state index in [2.05, 4.69) is 14.4 Å². The van der Waals surface area contributed by atoms with Gasteiger partial charge in [0.2, 0.25) is 10.9 Å². The van der Waals surface area contributed by atoms with Crippen molar-refractivity contribution in [1.82, 2.24) is 9.88 Å². The summed E-state index contributed by atoms with van der Waals surface area (Å²) in [7, 11) is -3.83. The molecule has 0 saturated carbocycles. The van der Waals surface area contributed by atoms with E-state index in [0.717, 1.165) is 6.07 Å². The van der Waals surface area contributed by atoms with Crippen LogP contribution in [-0.2, 0) is 16.2 Å². The molecule has 10 heteroatoms. The first-order valence-electron chi connectivity index (χ1n) is 5.88. The number of aromatic nitrogens is 1. The van der Waals surface area contributed by atoms with Gasteiger partial charge in [0.05, 0.1) is 0 Å². The molecule has 2 aromatic rings. The van der Waals surface area contributed by atoms with Gasteiger partial charge < -0.3 is 8.94 Å². The highest BCUT2D eigenvalue weighted by atomic mass is 32.2. The van der Waals surface area contributed by atoms with Crippen molar-refractivity contribution in [1.29, 1.82) is 0 Å². The van der Waals surface area contributed by atoms with Crippen LogP contribution >= 0.6 is 0 Å². The molecule has 0 saturated heterocycles. The van der Waals surface area contributed by atoms with Crippen molar-refractivity contribution in [2.45, 2.75) is 24.6 Å². The highest BCUT2D eigenvalue weighted by molar-refractivity contribution is 7.89. The van der Waals surface area contributed by atoms with Crippen molar-refractivity contribution in [3.05, 3.63) is 24.0 Å². The summed E-state index contributed by atoms with van der Waals surface area (Å²) in [6.45, 7) is 2.00. The smallest absolute Gasteiger partial charge is 0.441 e. The van der Waals surface area contributed by atoms with Crippen LogP contribution in [-0.4, -0.2) is 20.1 Å². The first kappa shape index (κ1) is 15.6. The van der Waals surface area contributed by atoms with Crippen LogP contribution in [0.4, 0.5) is 13.2 Å².